The number of hydrogen-bond donors (Lipinski definition) is 1. The van der Waals surface area contributed by atoms with E-state index in [1.165, 1.54) is 17.0 Å². The zero-order chi connectivity index (χ0) is 20.0. The van der Waals surface area contributed by atoms with Crippen molar-refractivity contribution in [1.29, 1.82) is 0 Å². The summed E-state index contributed by atoms with van der Waals surface area (Å²) in [4.78, 5) is 37.5. The summed E-state index contributed by atoms with van der Waals surface area (Å²) in [6.07, 6.45) is 2.26. The second kappa shape index (κ2) is 9.03. The van der Waals surface area contributed by atoms with E-state index in [1.807, 2.05) is 0 Å². The lowest BCUT2D eigenvalue weighted by Crippen LogP contribution is -2.33. The highest BCUT2D eigenvalue weighted by Crippen LogP contribution is 2.32. The summed E-state index contributed by atoms with van der Waals surface area (Å²) in [5.74, 6) is -0.713. The molecule has 0 aliphatic carbocycles. The first-order chi connectivity index (χ1) is 12.7. The Bertz CT molecular complexity index is 741. The standard InChI is InChI=1S/C19H23FN2O4S/c1-19(2,3)26-17(24)21-10-4-5-11-22-16(23)15(27-18(22)25)12-13-6-8-14(20)9-7-13/h6-9,12H,4-5,10-11H2,1-3H3,(H,21,24)/b15-12-. The second-order valence-corrected chi connectivity index (χ2v) is 8.01. The van der Waals surface area contributed by atoms with Gasteiger partial charge in [0, 0.05) is 13.1 Å². The first-order valence-corrected chi connectivity index (χ1v) is 9.45. The number of ether oxygens (including phenoxy) is 1. The number of nitrogens with zero attached hydrogens (tertiary/aromatic N) is 1. The van der Waals surface area contributed by atoms with Gasteiger partial charge in [0.25, 0.3) is 11.1 Å². The van der Waals surface area contributed by atoms with Crippen LogP contribution in [0.15, 0.2) is 29.2 Å². The number of alkyl carbamates (subject to hydrolysis) is 1. The summed E-state index contributed by atoms with van der Waals surface area (Å²) in [6, 6.07) is 5.69. The molecule has 0 spiro atoms. The third-order valence-electron chi connectivity index (χ3n) is 3.52. The average molecular weight is 394 g/mol. The van der Waals surface area contributed by atoms with Gasteiger partial charge in [-0.25, -0.2) is 9.18 Å². The van der Waals surface area contributed by atoms with Crippen molar-refractivity contribution in [2.45, 2.75) is 39.2 Å². The van der Waals surface area contributed by atoms with Crippen LogP contribution in [0.4, 0.5) is 14.0 Å². The molecule has 8 heteroatoms. The SMILES string of the molecule is CC(C)(C)OC(=O)NCCCCN1C(=O)S/C(=C\c2ccc(F)cc2)C1=O. The summed E-state index contributed by atoms with van der Waals surface area (Å²) in [7, 11) is 0. The Kier molecular flexibility index (Phi) is 7.01. The lowest BCUT2D eigenvalue weighted by Gasteiger charge is -2.19. The molecule has 0 saturated carbocycles. The molecule has 1 aliphatic rings. The Morgan fingerprint density at radius 1 is 1.22 bits per heavy atom. The minimum Gasteiger partial charge on any atom is -0.444 e. The maximum Gasteiger partial charge on any atom is 0.407 e. The largest absolute Gasteiger partial charge is 0.444 e. The highest BCUT2D eigenvalue weighted by atomic mass is 32.2. The fourth-order valence-electron chi connectivity index (χ4n) is 2.30. The number of benzene rings is 1. The van der Waals surface area contributed by atoms with Gasteiger partial charge in [-0.15, -0.1) is 0 Å². The van der Waals surface area contributed by atoms with Crippen LogP contribution in [-0.2, 0) is 9.53 Å². The van der Waals surface area contributed by atoms with E-state index in [-0.39, 0.29) is 23.5 Å². The lowest BCUT2D eigenvalue weighted by molar-refractivity contribution is -0.122. The van der Waals surface area contributed by atoms with E-state index in [4.69, 9.17) is 4.74 Å². The van der Waals surface area contributed by atoms with Gasteiger partial charge in [0.05, 0.1) is 4.91 Å². The van der Waals surface area contributed by atoms with Crippen molar-refractivity contribution in [3.63, 3.8) is 0 Å². The summed E-state index contributed by atoms with van der Waals surface area (Å²) < 4.78 is 18.1. The van der Waals surface area contributed by atoms with Gasteiger partial charge in [-0.2, -0.15) is 0 Å². The zero-order valence-electron chi connectivity index (χ0n) is 15.6. The first kappa shape index (κ1) is 21.0. The van der Waals surface area contributed by atoms with Gasteiger partial charge in [0.2, 0.25) is 0 Å². The Morgan fingerprint density at radius 2 is 1.89 bits per heavy atom. The van der Waals surface area contributed by atoms with Crippen molar-refractivity contribution in [2.75, 3.05) is 13.1 Å². The van der Waals surface area contributed by atoms with Crippen molar-refractivity contribution in [2.24, 2.45) is 0 Å². The van der Waals surface area contributed by atoms with Crippen LogP contribution in [0.1, 0.15) is 39.2 Å². The molecule has 1 fully saturated rings. The molecular weight excluding hydrogens is 371 g/mol. The average Bonchev–Trinajstić information content (AvgIpc) is 2.82. The summed E-state index contributed by atoms with van der Waals surface area (Å²) in [5.41, 5.74) is 0.103. The van der Waals surface area contributed by atoms with Gasteiger partial charge in [0.15, 0.2) is 0 Å². The lowest BCUT2D eigenvalue weighted by atomic mass is 10.2. The molecule has 0 radical (unpaired) electrons. The molecule has 1 N–H and O–H groups in total. The third kappa shape index (κ3) is 6.71. The van der Waals surface area contributed by atoms with Crippen LogP contribution in [0, 0.1) is 5.82 Å². The van der Waals surface area contributed by atoms with E-state index < -0.39 is 11.7 Å². The number of amides is 3. The fraction of sp³-hybridized carbons (Fsp3) is 0.421. The number of carbonyl (C=O) groups excluding carboxylic acids is 3. The van der Waals surface area contributed by atoms with Crippen LogP contribution in [0.2, 0.25) is 0 Å². The van der Waals surface area contributed by atoms with E-state index >= 15 is 0 Å². The number of hydrogen-bond acceptors (Lipinski definition) is 5. The topological polar surface area (TPSA) is 75.7 Å². The monoisotopic (exact) mass is 394 g/mol. The van der Waals surface area contributed by atoms with E-state index in [0.717, 1.165) is 11.8 Å². The van der Waals surface area contributed by atoms with Crippen molar-refractivity contribution in [3.05, 3.63) is 40.6 Å². The number of unbranched alkanes of at least 4 members (excludes halogenated alkanes) is 1. The van der Waals surface area contributed by atoms with E-state index in [9.17, 15) is 18.8 Å². The third-order valence-corrected chi connectivity index (χ3v) is 4.43. The highest BCUT2D eigenvalue weighted by Gasteiger charge is 2.34. The van der Waals surface area contributed by atoms with Crippen LogP contribution in [0.25, 0.3) is 6.08 Å². The summed E-state index contributed by atoms with van der Waals surface area (Å²) in [5, 5.41) is 2.31. The number of rotatable bonds is 6. The van der Waals surface area contributed by atoms with Crippen LogP contribution >= 0.6 is 11.8 Å². The highest BCUT2D eigenvalue weighted by molar-refractivity contribution is 8.18. The van der Waals surface area contributed by atoms with Crippen LogP contribution in [0.3, 0.4) is 0 Å². The van der Waals surface area contributed by atoms with Crippen molar-refractivity contribution in [3.8, 4) is 0 Å². The normalized spacial score (nSPS) is 16.1. The summed E-state index contributed by atoms with van der Waals surface area (Å²) >= 11 is 0.871. The van der Waals surface area contributed by atoms with E-state index in [2.05, 4.69) is 5.32 Å². The predicted octanol–water partition coefficient (Wildman–Crippen LogP) is 4.17. The molecule has 0 bridgehead atoms. The van der Waals surface area contributed by atoms with Crippen molar-refractivity contribution in [1.82, 2.24) is 10.2 Å². The number of imide groups is 1. The zero-order valence-corrected chi connectivity index (χ0v) is 16.4. The Labute approximate surface area is 162 Å². The number of nitrogens with one attached hydrogen (secondary N) is 1. The number of thioether (sulfide) groups is 1. The smallest absolute Gasteiger partial charge is 0.407 e. The van der Waals surface area contributed by atoms with E-state index in [1.54, 1.807) is 39.0 Å². The van der Waals surface area contributed by atoms with Gasteiger partial charge in [0.1, 0.15) is 11.4 Å². The molecule has 1 saturated heterocycles. The predicted molar refractivity (Wildman–Crippen MR) is 103 cm³/mol. The Hall–Kier alpha value is -2.35. The summed E-state index contributed by atoms with van der Waals surface area (Å²) in [6.45, 7) is 6.03. The molecule has 1 aliphatic heterocycles. The molecule has 146 valence electrons. The number of halogens is 1. The van der Waals surface area contributed by atoms with Crippen molar-refractivity contribution < 1.29 is 23.5 Å². The second-order valence-electron chi connectivity index (χ2n) is 7.02. The molecule has 0 atom stereocenters. The molecule has 2 rings (SSSR count). The minimum absolute atomic E-state index is 0.279. The van der Waals surface area contributed by atoms with Crippen LogP contribution in [0.5, 0.6) is 0 Å². The molecule has 27 heavy (non-hydrogen) atoms. The Morgan fingerprint density at radius 3 is 2.52 bits per heavy atom. The van der Waals surface area contributed by atoms with Gasteiger partial charge in [-0.1, -0.05) is 12.1 Å². The minimum atomic E-state index is -0.553. The van der Waals surface area contributed by atoms with Gasteiger partial charge in [-0.05, 0) is 69.1 Å². The molecule has 0 aromatic heterocycles. The molecule has 0 unspecified atom stereocenters. The van der Waals surface area contributed by atoms with Gasteiger partial charge < -0.3 is 10.1 Å². The van der Waals surface area contributed by atoms with Gasteiger partial charge in [-0.3, -0.25) is 14.5 Å². The molecule has 1 aromatic carbocycles. The van der Waals surface area contributed by atoms with E-state index in [0.29, 0.717) is 29.9 Å². The van der Waals surface area contributed by atoms with Crippen LogP contribution < -0.4 is 5.32 Å². The van der Waals surface area contributed by atoms with Crippen molar-refractivity contribution >= 4 is 35.1 Å². The molecule has 3 amide bonds. The van der Waals surface area contributed by atoms with Crippen LogP contribution in [-0.4, -0.2) is 40.8 Å². The molecule has 6 nitrogen and oxygen atoms in total. The molecule has 1 heterocycles. The molecule has 1 aromatic rings. The number of carbonyl (C=O) groups is 3. The maximum atomic E-state index is 12.9. The quantitative estimate of drug-likeness (QED) is 0.579. The maximum absolute atomic E-state index is 12.9. The molecular formula is C19H23FN2O4S. The fourth-order valence-corrected chi connectivity index (χ4v) is 3.17. The van der Waals surface area contributed by atoms with Gasteiger partial charge >= 0.3 is 6.09 Å². The Balaban J connectivity index is 1.79. The first-order valence-electron chi connectivity index (χ1n) is 8.63.